The van der Waals surface area contributed by atoms with Crippen molar-refractivity contribution in [3.05, 3.63) is 0 Å². The molecule has 2 fully saturated rings. The van der Waals surface area contributed by atoms with Crippen molar-refractivity contribution in [2.24, 2.45) is 10.9 Å². The zero-order valence-corrected chi connectivity index (χ0v) is 7.66. The molecular formula is C8H14N2S. The Labute approximate surface area is 71.9 Å². The number of nitrogens with one attached hydrogen (secondary N) is 1. The highest BCUT2D eigenvalue weighted by atomic mass is 32.2. The first-order valence-electron chi connectivity index (χ1n) is 4.27. The molecule has 1 heterocycles. The lowest BCUT2D eigenvalue weighted by Crippen LogP contribution is -2.27. The summed E-state index contributed by atoms with van der Waals surface area (Å²) in [6.45, 7) is 1.14. The summed E-state index contributed by atoms with van der Waals surface area (Å²) in [7, 11) is 1.86. The standard InChI is InChI=1S/C8H14N2S/c1-9-8-10-5-7(11-8)6-3-2-4-6/h6-7H,2-5H2,1H3,(H,9,10). The molecule has 0 aromatic rings. The molecule has 0 radical (unpaired) electrons. The Bertz CT molecular complexity index is 175. The van der Waals surface area contributed by atoms with Gasteiger partial charge in [-0.05, 0) is 18.8 Å². The van der Waals surface area contributed by atoms with Crippen LogP contribution in [0.4, 0.5) is 0 Å². The van der Waals surface area contributed by atoms with Crippen LogP contribution in [0.3, 0.4) is 0 Å². The first kappa shape index (κ1) is 7.47. The van der Waals surface area contributed by atoms with Crippen LogP contribution in [0, 0.1) is 5.92 Å². The number of hydrogen-bond acceptors (Lipinski definition) is 2. The van der Waals surface area contributed by atoms with E-state index in [-0.39, 0.29) is 0 Å². The molecule has 0 bridgehead atoms. The summed E-state index contributed by atoms with van der Waals surface area (Å²) in [4.78, 5) is 4.15. The molecule has 11 heavy (non-hydrogen) atoms. The molecule has 2 nitrogen and oxygen atoms in total. The van der Waals surface area contributed by atoms with Gasteiger partial charge in [0, 0.05) is 18.8 Å². The Morgan fingerprint density at radius 1 is 1.55 bits per heavy atom. The molecule has 1 saturated carbocycles. The highest BCUT2D eigenvalue weighted by Gasteiger charge is 2.32. The molecule has 1 N–H and O–H groups in total. The summed E-state index contributed by atoms with van der Waals surface area (Å²) in [6, 6.07) is 0. The highest BCUT2D eigenvalue weighted by molar-refractivity contribution is 8.14. The Hall–Kier alpha value is -0.180. The van der Waals surface area contributed by atoms with E-state index in [1.165, 1.54) is 19.3 Å². The predicted octanol–water partition coefficient (Wildman–Crippen LogP) is 1.48. The molecule has 1 saturated heterocycles. The van der Waals surface area contributed by atoms with Crippen molar-refractivity contribution in [1.82, 2.24) is 5.32 Å². The molecule has 1 unspecified atom stereocenters. The van der Waals surface area contributed by atoms with E-state index < -0.39 is 0 Å². The molecule has 3 heteroatoms. The number of aliphatic imine (C=N–C) groups is 1. The van der Waals surface area contributed by atoms with Gasteiger partial charge in [0.15, 0.2) is 5.17 Å². The van der Waals surface area contributed by atoms with E-state index in [1.54, 1.807) is 0 Å². The largest absolute Gasteiger partial charge is 0.364 e. The predicted molar refractivity (Wildman–Crippen MR) is 50.1 cm³/mol. The topological polar surface area (TPSA) is 24.4 Å². The Morgan fingerprint density at radius 3 is 2.82 bits per heavy atom. The number of rotatable bonds is 1. The van der Waals surface area contributed by atoms with Gasteiger partial charge >= 0.3 is 0 Å². The van der Waals surface area contributed by atoms with Crippen molar-refractivity contribution < 1.29 is 0 Å². The zero-order valence-electron chi connectivity index (χ0n) is 6.84. The summed E-state index contributed by atoms with van der Waals surface area (Å²) in [6.07, 6.45) is 4.33. The van der Waals surface area contributed by atoms with Gasteiger partial charge in [-0.1, -0.05) is 18.2 Å². The summed E-state index contributed by atoms with van der Waals surface area (Å²) in [5.41, 5.74) is 0. The van der Waals surface area contributed by atoms with E-state index in [2.05, 4.69) is 10.3 Å². The second-order valence-electron chi connectivity index (χ2n) is 3.26. The van der Waals surface area contributed by atoms with Gasteiger partial charge < -0.3 is 5.32 Å². The van der Waals surface area contributed by atoms with Crippen LogP contribution in [0.5, 0.6) is 0 Å². The monoisotopic (exact) mass is 170 g/mol. The summed E-state index contributed by atoms with van der Waals surface area (Å²) >= 11 is 1.93. The van der Waals surface area contributed by atoms with Crippen molar-refractivity contribution >= 4 is 16.9 Å². The minimum atomic E-state index is 0.822. The third-order valence-electron chi connectivity index (χ3n) is 2.60. The fourth-order valence-electron chi connectivity index (χ4n) is 1.62. The van der Waals surface area contributed by atoms with Crippen LogP contribution in [0.15, 0.2) is 4.99 Å². The van der Waals surface area contributed by atoms with Gasteiger partial charge in [0.2, 0.25) is 0 Å². The fraction of sp³-hybridized carbons (Fsp3) is 0.875. The molecular weight excluding hydrogens is 156 g/mol. The van der Waals surface area contributed by atoms with Gasteiger partial charge in [-0.2, -0.15) is 0 Å². The fourth-order valence-corrected chi connectivity index (χ4v) is 2.81. The highest BCUT2D eigenvalue weighted by Crippen LogP contribution is 2.37. The van der Waals surface area contributed by atoms with Crippen molar-refractivity contribution in [2.75, 3.05) is 13.6 Å². The van der Waals surface area contributed by atoms with Gasteiger partial charge in [0.1, 0.15) is 0 Å². The number of nitrogens with zero attached hydrogens (tertiary/aromatic N) is 1. The van der Waals surface area contributed by atoms with E-state index in [4.69, 9.17) is 0 Å². The van der Waals surface area contributed by atoms with Crippen molar-refractivity contribution in [3.8, 4) is 0 Å². The minimum absolute atomic E-state index is 0.822. The molecule has 0 spiro atoms. The lowest BCUT2D eigenvalue weighted by molar-refractivity contribution is 0.309. The van der Waals surface area contributed by atoms with Crippen LogP contribution in [-0.4, -0.2) is 24.0 Å². The Kier molecular flexibility index (Phi) is 2.07. The van der Waals surface area contributed by atoms with Crippen LogP contribution >= 0.6 is 11.8 Å². The Morgan fingerprint density at radius 2 is 2.36 bits per heavy atom. The molecule has 0 aromatic heterocycles. The summed E-state index contributed by atoms with van der Waals surface area (Å²) in [5, 5.41) is 5.28. The number of hydrogen-bond donors (Lipinski definition) is 1. The lowest BCUT2D eigenvalue weighted by Gasteiger charge is -2.29. The maximum atomic E-state index is 4.15. The van der Waals surface area contributed by atoms with Crippen molar-refractivity contribution in [2.45, 2.75) is 24.5 Å². The van der Waals surface area contributed by atoms with Gasteiger partial charge in [-0.3, -0.25) is 4.99 Å². The van der Waals surface area contributed by atoms with Crippen LogP contribution in [0.25, 0.3) is 0 Å². The van der Waals surface area contributed by atoms with Crippen LogP contribution < -0.4 is 5.32 Å². The van der Waals surface area contributed by atoms with Gasteiger partial charge in [0.05, 0.1) is 0 Å². The maximum absolute atomic E-state index is 4.15. The molecule has 1 atom stereocenters. The van der Waals surface area contributed by atoms with Crippen LogP contribution in [-0.2, 0) is 0 Å². The SMILES string of the molecule is CN=C1NCC(C2CCC2)S1. The average molecular weight is 170 g/mol. The quantitative estimate of drug-likeness (QED) is 0.644. The summed E-state index contributed by atoms with van der Waals surface area (Å²) in [5.74, 6) is 0.978. The van der Waals surface area contributed by atoms with E-state index in [0.29, 0.717) is 0 Å². The molecule has 0 amide bonds. The smallest absolute Gasteiger partial charge is 0.156 e. The zero-order chi connectivity index (χ0) is 7.68. The van der Waals surface area contributed by atoms with Gasteiger partial charge in [-0.15, -0.1) is 0 Å². The van der Waals surface area contributed by atoms with Crippen LogP contribution in [0.1, 0.15) is 19.3 Å². The van der Waals surface area contributed by atoms with E-state index >= 15 is 0 Å². The second-order valence-corrected chi connectivity index (χ2v) is 4.48. The number of amidine groups is 1. The average Bonchev–Trinajstić information content (AvgIpc) is 2.32. The lowest BCUT2D eigenvalue weighted by atomic mass is 9.83. The van der Waals surface area contributed by atoms with Crippen LogP contribution in [0.2, 0.25) is 0 Å². The molecule has 0 aromatic carbocycles. The Balaban J connectivity index is 1.88. The molecule has 2 rings (SSSR count). The third-order valence-corrected chi connectivity index (χ3v) is 4.00. The van der Waals surface area contributed by atoms with E-state index in [9.17, 15) is 0 Å². The first-order valence-corrected chi connectivity index (χ1v) is 5.15. The van der Waals surface area contributed by atoms with E-state index in [0.717, 1.165) is 22.9 Å². The van der Waals surface area contributed by atoms with Crippen molar-refractivity contribution in [1.29, 1.82) is 0 Å². The maximum Gasteiger partial charge on any atom is 0.156 e. The van der Waals surface area contributed by atoms with E-state index in [1.807, 2.05) is 18.8 Å². The van der Waals surface area contributed by atoms with Crippen molar-refractivity contribution in [3.63, 3.8) is 0 Å². The molecule has 2 aliphatic rings. The third kappa shape index (κ3) is 1.39. The normalized spacial score (nSPS) is 35.4. The van der Waals surface area contributed by atoms with Gasteiger partial charge in [0.25, 0.3) is 0 Å². The minimum Gasteiger partial charge on any atom is -0.364 e. The molecule has 1 aliphatic carbocycles. The molecule has 62 valence electrons. The van der Waals surface area contributed by atoms with Gasteiger partial charge in [-0.25, -0.2) is 0 Å². The summed E-state index contributed by atoms with van der Waals surface area (Å²) < 4.78 is 0. The number of thioether (sulfide) groups is 1. The second kappa shape index (κ2) is 3.05. The first-order chi connectivity index (χ1) is 5.40. The molecule has 1 aliphatic heterocycles.